The number of aryl methyl sites for hydroxylation is 4. The van der Waals surface area contributed by atoms with Crippen molar-refractivity contribution in [1.29, 1.82) is 0 Å². The minimum Gasteiger partial charge on any atom is -0.255 e. The molecule has 2 heterocycles. The van der Waals surface area contributed by atoms with E-state index in [1.807, 2.05) is 12.4 Å². The number of nitrogens with zero attached hydrogens (tertiary/aromatic N) is 2. The first-order chi connectivity index (χ1) is 13.5. The monoisotopic (exact) mass is 364 g/mol. The highest BCUT2D eigenvalue weighted by Crippen LogP contribution is 2.32. The van der Waals surface area contributed by atoms with Crippen molar-refractivity contribution in [3.8, 4) is 33.6 Å². The van der Waals surface area contributed by atoms with E-state index in [2.05, 4.69) is 98.3 Å². The van der Waals surface area contributed by atoms with Gasteiger partial charge in [0.2, 0.25) is 0 Å². The Hall–Kier alpha value is -3.26. The van der Waals surface area contributed by atoms with Crippen LogP contribution in [0.5, 0.6) is 0 Å². The maximum atomic E-state index is 4.61. The highest BCUT2D eigenvalue weighted by molar-refractivity contribution is 5.77. The quantitative estimate of drug-likeness (QED) is 0.404. The van der Waals surface area contributed by atoms with Crippen molar-refractivity contribution < 1.29 is 0 Å². The van der Waals surface area contributed by atoms with Gasteiger partial charge in [0.25, 0.3) is 0 Å². The Morgan fingerprint density at radius 1 is 0.500 bits per heavy atom. The molecule has 2 aromatic heterocycles. The van der Waals surface area contributed by atoms with Crippen LogP contribution in [0.15, 0.2) is 73.1 Å². The Labute approximate surface area is 167 Å². The normalized spacial score (nSPS) is 10.9. The fourth-order valence-corrected chi connectivity index (χ4v) is 3.99. The Balaban J connectivity index is 1.81. The molecule has 2 aromatic carbocycles. The average Bonchev–Trinajstić information content (AvgIpc) is 2.68. The molecule has 0 atom stereocenters. The van der Waals surface area contributed by atoms with E-state index >= 15 is 0 Å². The molecule has 0 aliphatic rings. The summed E-state index contributed by atoms with van der Waals surface area (Å²) in [5.41, 5.74) is 11.8. The molecule has 0 saturated carbocycles. The van der Waals surface area contributed by atoms with E-state index in [1.54, 1.807) is 0 Å². The Bertz CT molecular complexity index is 1030. The van der Waals surface area contributed by atoms with Gasteiger partial charge < -0.3 is 0 Å². The van der Waals surface area contributed by atoms with Crippen LogP contribution in [0, 0.1) is 27.7 Å². The van der Waals surface area contributed by atoms with Crippen molar-refractivity contribution in [3.05, 3.63) is 95.3 Å². The van der Waals surface area contributed by atoms with E-state index in [0.29, 0.717) is 0 Å². The molecule has 4 rings (SSSR count). The van der Waals surface area contributed by atoms with Gasteiger partial charge in [-0.25, -0.2) is 0 Å². The van der Waals surface area contributed by atoms with Crippen LogP contribution < -0.4 is 0 Å². The lowest BCUT2D eigenvalue weighted by molar-refractivity contribution is 1.24. The molecule has 0 N–H and O–H groups in total. The Morgan fingerprint density at radius 2 is 0.857 bits per heavy atom. The zero-order chi connectivity index (χ0) is 19.7. The zero-order valence-corrected chi connectivity index (χ0v) is 16.8. The molecule has 0 spiro atoms. The van der Waals surface area contributed by atoms with Crippen LogP contribution in [0.25, 0.3) is 33.6 Å². The summed E-state index contributed by atoms with van der Waals surface area (Å²) in [6, 6.07) is 21.3. The molecule has 0 unspecified atom stereocenters. The first-order valence-corrected chi connectivity index (χ1v) is 9.60. The molecule has 0 fully saturated rings. The molecule has 0 amide bonds. The van der Waals surface area contributed by atoms with Gasteiger partial charge in [-0.3, -0.25) is 9.97 Å². The molecule has 138 valence electrons. The van der Waals surface area contributed by atoms with Crippen molar-refractivity contribution in [3.63, 3.8) is 0 Å². The van der Waals surface area contributed by atoms with Crippen molar-refractivity contribution >= 4 is 0 Å². The molecule has 0 bridgehead atoms. The summed E-state index contributed by atoms with van der Waals surface area (Å²) in [6.07, 6.45) is 3.76. The predicted octanol–water partition coefficient (Wildman–Crippen LogP) is 6.71. The van der Waals surface area contributed by atoms with Crippen molar-refractivity contribution in [2.45, 2.75) is 27.7 Å². The van der Waals surface area contributed by atoms with E-state index in [9.17, 15) is 0 Å². The highest BCUT2D eigenvalue weighted by Gasteiger charge is 2.11. The van der Waals surface area contributed by atoms with Crippen molar-refractivity contribution in [2.75, 3.05) is 0 Å². The standard InChI is InChI=1S/C26H24N2/c1-17-7-5-8-18(2)25(17)21-11-13-27-23(15-21)24-16-22(12-14-28-24)26-19(3)9-6-10-20(26)4/h5-16H,1-4H3. The molecule has 4 aromatic rings. The fraction of sp³-hybridized carbons (Fsp3) is 0.154. The van der Waals surface area contributed by atoms with Crippen LogP contribution in [0.1, 0.15) is 22.3 Å². The van der Waals surface area contributed by atoms with Gasteiger partial charge in [0.1, 0.15) is 0 Å². The van der Waals surface area contributed by atoms with Gasteiger partial charge >= 0.3 is 0 Å². The van der Waals surface area contributed by atoms with Gasteiger partial charge in [0, 0.05) is 12.4 Å². The SMILES string of the molecule is Cc1cccc(C)c1-c1ccnc(-c2cc(-c3c(C)cccc3C)ccn2)c1. The summed E-state index contributed by atoms with van der Waals surface area (Å²) in [4.78, 5) is 9.22. The van der Waals surface area contributed by atoms with Crippen LogP contribution in [0.3, 0.4) is 0 Å². The average molecular weight is 364 g/mol. The van der Waals surface area contributed by atoms with Gasteiger partial charge in [0.15, 0.2) is 0 Å². The van der Waals surface area contributed by atoms with Gasteiger partial charge in [0.05, 0.1) is 11.4 Å². The molecular weight excluding hydrogens is 340 g/mol. The van der Waals surface area contributed by atoms with E-state index < -0.39 is 0 Å². The van der Waals surface area contributed by atoms with E-state index in [4.69, 9.17) is 0 Å². The largest absolute Gasteiger partial charge is 0.255 e. The second kappa shape index (κ2) is 7.40. The summed E-state index contributed by atoms with van der Waals surface area (Å²) in [7, 11) is 0. The van der Waals surface area contributed by atoms with Crippen LogP contribution >= 0.6 is 0 Å². The topological polar surface area (TPSA) is 25.8 Å². The number of benzene rings is 2. The van der Waals surface area contributed by atoms with Gasteiger partial charge in [-0.1, -0.05) is 36.4 Å². The molecule has 0 saturated heterocycles. The Kier molecular flexibility index (Phi) is 4.79. The maximum absolute atomic E-state index is 4.61. The van der Waals surface area contributed by atoms with Gasteiger partial charge in [-0.15, -0.1) is 0 Å². The summed E-state index contributed by atoms with van der Waals surface area (Å²) in [5.74, 6) is 0. The van der Waals surface area contributed by atoms with Crippen molar-refractivity contribution in [2.24, 2.45) is 0 Å². The predicted molar refractivity (Wildman–Crippen MR) is 117 cm³/mol. The van der Waals surface area contributed by atoms with E-state index in [1.165, 1.54) is 44.5 Å². The second-order valence-electron chi connectivity index (χ2n) is 7.39. The molecule has 2 nitrogen and oxygen atoms in total. The smallest absolute Gasteiger partial charge is 0.0892 e. The van der Waals surface area contributed by atoms with E-state index in [-0.39, 0.29) is 0 Å². The molecule has 0 radical (unpaired) electrons. The third-order valence-electron chi connectivity index (χ3n) is 5.32. The molecule has 0 aliphatic carbocycles. The first-order valence-electron chi connectivity index (χ1n) is 9.60. The molecular formula is C26H24N2. The number of pyridine rings is 2. The third kappa shape index (κ3) is 3.34. The lowest BCUT2D eigenvalue weighted by atomic mass is 9.94. The van der Waals surface area contributed by atoms with Crippen LogP contribution in [0.2, 0.25) is 0 Å². The number of hydrogen-bond acceptors (Lipinski definition) is 2. The third-order valence-corrected chi connectivity index (χ3v) is 5.32. The first kappa shape index (κ1) is 18.1. The number of aromatic nitrogens is 2. The minimum atomic E-state index is 0.897. The summed E-state index contributed by atoms with van der Waals surface area (Å²) in [6.45, 7) is 8.62. The molecule has 28 heavy (non-hydrogen) atoms. The second-order valence-corrected chi connectivity index (χ2v) is 7.39. The Morgan fingerprint density at radius 3 is 1.21 bits per heavy atom. The van der Waals surface area contributed by atoms with Crippen LogP contribution in [-0.2, 0) is 0 Å². The number of hydrogen-bond donors (Lipinski definition) is 0. The summed E-state index contributed by atoms with van der Waals surface area (Å²) in [5, 5.41) is 0. The minimum absolute atomic E-state index is 0.897. The summed E-state index contributed by atoms with van der Waals surface area (Å²) >= 11 is 0. The highest BCUT2D eigenvalue weighted by atomic mass is 14.8. The summed E-state index contributed by atoms with van der Waals surface area (Å²) < 4.78 is 0. The van der Waals surface area contributed by atoms with Crippen molar-refractivity contribution in [1.82, 2.24) is 9.97 Å². The van der Waals surface area contributed by atoms with Crippen LogP contribution in [-0.4, -0.2) is 9.97 Å². The lowest BCUT2D eigenvalue weighted by Gasteiger charge is -2.12. The van der Waals surface area contributed by atoms with Crippen LogP contribution in [0.4, 0.5) is 0 Å². The van der Waals surface area contributed by atoms with Gasteiger partial charge in [-0.2, -0.15) is 0 Å². The van der Waals surface area contributed by atoms with Gasteiger partial charge in [-0.05, 0) is 96.5 Å². The maximum Gasteiger partial charge on any atom is 0.0892 e. The number of rotatable bonds is 3. The fourth-order valence-electron chi connectivity index (χ4n) is 3.99. The zero-order valence-electron chi connectivity index (χ0n) is 16.8. The molecule has 2 heteroatoms. The lowest BCUT2D eigenvalue weighted by Crippen LogP contribution is -1.93. The van der Waals surface area contributed by atoms with E-state index in [0.717, 1.165) is 11.4 Å². The molecule has 0 aliphatic heterocycles.